The minimum absolute atomic E-state index is 0.0177. The number of carbonyl (C=O) groups is 1. The number of ether oxygens (including phenoxy) is 1. The van der Waals surface area contributed by atoms with E-state index in [1.54, 1.807) is 48.5 Å². The van der Waals surface area contributed by atoms with Crippen LogP contribution in [0.5, 0.6) is 5.75 Å². The monoisotopic (exact) mass is 326 g/mol. The maximum Gasteiger partial charge on any atom is 0.266 e. The third kappa shape index (κ3) is 4.87. The van der Waals surface area contributed by atoms with Crippen molar-refractivity contribution in [3.05, 3.63) is 64.7 Å². The van der Waals surface area contributed by atoms with E-state index in [0.29, 0.717) is 17.3 Å². The van der Waals surface area contributed by atoms with Gasteiger partial charge in [0.15, 0.2) is 0 Å². The average molecular weight is 327 g/mol. The molecule has 0 unspecified atom stereocenters. The maximum atomic E-state index is 12.1. The zero-order chi connectivity index (χ0) is 16.7. The van der Waals surface area contributed by atoms with Crippen LogP contribution in [0, 0.1) is 11.3 Å². The summed E-state index contributed by atoms with van der Waals surface area (Å²) in [6.07, 6.45) is 1.53. The maximum absolute atomic E-state index is 12.1. The minimum Gasteiger partial charge on any atom is -0.494 e. The standard InChI is InChI=1S/C18H15ClN2O2/c1-2-23-17-9-3-13(4-10-17)11-14(12-20)18(22)21-16-7-5-15(19)6-8-16/h3-11H,2H2,1H3,(H,21,22)/b14-11-. The number of benzene rings is 2. The van der Waals surface area contributed by atoms with E-state index in [9.17, 15) is 10.1 Å². The van der Waals surface area contributed by atoms with Crippen LogP contribution in [-0.4, -0.2) is 12.5 Å². The van der Waals surface area contributed by atoms with Crippen molar-refractivity contribution >= 4 is 29.3 Å². The smallest absolute Gasteiger partial charge is 0.266 e. The number of hydrogen-bond donors (Lipinski definition) is 1. The summed E-state index contributed by atoms with van der Waals surface area (Å²) < 4.78 is 5.35. The zero-order valence-corrected chi connectivity index (χ0v) is 13.3. The molecule has 0 spiro atoms. The van der Waals surface area contributed by atoms with Crippen LogP contribution < -0.4 is 10.1 Å². The molecular formula is C18H15ClN2O2. The summed E-state index contributed by atoms with van der Waals surface area (Å²) in [7, 11) is 0. The first kappa shape index (κ1) is 16.6. The molecule has 0 aliphatic rings. The van der Waals surface area contributed by atoms with Crippen molar-refractivity contribution in [2.75, 3.05) is 11.9 Å². The molecule has 0 bridgehead atoms. The SMILES string of the molecule is CCOc1ccc(/C=C(/C#N)C(=O)Nc2ccc(Cl)cc2)cc1. The molecule has 23 heavy (non-hydrogen) atoms. The average Bonchev–Trinajstić information content (AvgIpc) is 2.56. The fourth-order valence-electron chi connectivity index (χ4n) is 1.87. The van der Waals surface area contributed by atoms with Gasteiger partial charge in [0.05, 0.1) is 6.61 Å². The van der Waals surface area contributed by atoms with Crippen molar-refractivity contribution in [1.82, 2.24) is 0 Å². The van der Waals surface area contributed by atoms with Crippen molar-refractivity contribution in [2.45, 2.75) is 6.92 Å². The molecule has 0 fully saturated rings. The van der Waals surface area contributed by atoms with Crippen molar-refractivity contribution in [3.63, 3.8) is 0 Å². The topological polar surface area (TPSA) is 62.1 Å². The summed E-state index contributed by atoms with van der Waals surface area (Å²) in [5.41, 5.74) is 1.34. The van der Waals surface area contributed by atoms with Crippen molar-refractivity contribution in [2.24, 2.45) is 0 Å². The van der Waals surface area contributed by atoms with Crippen LogP contribution in [0.2, 0.25) is 5.02 Å². The Kier molecular flexibility index (Phi) is 5.79. The Hall–Kier alpha value is -2.77. The summed E-state index contributed by atoms with van der Waals surface area (Å²) in [6.45, 7) is 2.49. The first-order valence-corrected chi connectivity index (χ1v) is 7.41. The van der Waals surface area contributed by atoms with Crippen LogP contribution in [0.25, 0.3) is 6.08 Å². The van der Waals surface area contributed by atoms with E-state index in [0.717, 1.165) is 11.3 Å². The lowest BCUT2D eigenvalue weighted by atomic mass is 10.1. The summed E-state index contributed by atoms with van der Waals surface area (Å²) in [5, 5.41) is 12.4. The molecule has 2 aromatic rings. The number of hydrogen-bond acceptors (Lipinski definition) is 3. The normalized spacial score (nSPS) is 10.7. The molecule has 0 aliphatic heterocycles. The van der Waals surface area contributed by atoms with Crippen molar-refractivity contribution in [3.8, 4) is 11.8 Å². The number of nitrogens with zero attached hydrogens (tertiary/aromatic N) is 1. The van der Waals surface area contributed by atoms with Gasteiger partial charge in [-0.15, -0.1) is 0 Å². The van der Waals surface area contributed by atoms with Gasteiger partial charge in [-0.3, -0.25) is 4.79 Å². The van der Waals surface area contributed by atoms with Crippen LogP contribution in [-0.2, 0) is 4.79 Å². The molecule has 1 amide bonds. The quantitative estimate of drug-likeness (QED) is 0.658. The lowest BCUT2D eigenvalue weighted by Crippen LogP contribution is -2.13. The fourth-order valence-corrected chi connectivity index (χ4v) is 2.00. The van der Waals surface area contributed by atoms with Gasteiger partial charge in [0.25, 0.3) is 5.91 Å². The van der Waals surface area contributed by atoms with E-state index in [1.165, 1.54) is 6.08 Å². The number of nitrogens with one attached hydrogen (secondary N) is 1. The lowest BCUT2D eigenvalue weighted by Gasteiger charge is -2.05. The predicted molar refractivity (Wildman–Crippen MR) is 91.3 cm³/mol. The number of halogens is 1. The van der Waals surface area contributed by atoms with Gasteiger partial charge in [-0.2, -0.15) is 5.26 Å². The van der Waals surface area contributed by atoms with E-state index in [4.69, 9.17) is 16.3 Å². The number of amides is 1. The van der Waals surface area contributed by atoms with Gasteiger partial charge in [-0.25, -0.2) is 0 Å². The number of nitriles is 1. The van der Waals surface area contributed by atoms with Crippen molar-refractivity contribution in [1.29, 1.82) is 5.26 Å². The van der Waals surface area contributed by atoms with Crippen LogP contribution >= 0.6 is 11.6 Å². The molecule has 2 aromatic carbocycles. The molecule has 0 saturated heterocycles. The number of rotatable bonds is 5. The van der Waals surface area contributed by atoms with Gasteiger partial charge in [0.1, 0.15) is 17.4 Å². The third-order valence-electron chi connectivity index (χ3n) is 2.97. The van der Waals surface area contributed by atoms with Gasteiger partial charge in [-0.05, 0) is 55.0 Å². The van der Waals surface area contributed by atoms with Gasteiger partial charge in [0, 0.05) is 10.7 Å². The Bertz CT molecular complexity index is 744. The molecule has 0 atom stereocenters. The molecular weight excluding hydrogens is 312 g/mol. The second-order valence-corrected chi connectivity index (χ2v) is 5.07. The van der Waals surface area contributed by atoms with Crippen LogP contribution in [0.1, 0.15) is 12.5 Å². The highest BCUT2D eigenvalue weighted by molar-refractivity contribution is 6.30. The predicted octanol–water partition coefficient (Wildman–Crippen LogP) is 4.28. The first-order valence-electron chi connectivity index (χ1n) is 7.04. The van der Waals surface area contributed by atoms with Crippen LogP contribution in [0.15, 0.2) is 54.1 Å². The highest BCUT2D eigenvalue weighted by Gasteiger charge is 2.09. The minimum atomic E-state index is -0.469. The Balaban J connectivity index is 2.12. The molecule has 5 heteroatoms. The van der Waals surface area contributed by atoms with Gasteiger partial charge in [-0.1, -0.05) is 23.7 Å². The summed E-state index contributed by atoms with van der Waals surface area (Å²) in [4.78, 5) is 12.1. The summed E-state index contributed by atoms with van der Waals surface area (Å²) >= 11 is 5.79. The van der Waals surface area contributed by atoms with Gasteiger partial charge < -0.3 is 10.1 Å². The molecule has 0 heterocycles. The van der Waals surface area contributed by atoms with E-state index in [-0.39, 0.29) is 5.57 Å². The second kappa shape index (κ2) is 8.02. The summed E-state index contributed by atoms with van der Waals surface area (Å²) in [5.74, 6) is 0.275. The van der Waals surface area contributed by atoms with Gasteiger partial charge in [0.2, 0.25) is 0 Å². The van der Waals surface area contributed by atoms with E-state index >= 15 is 0 Å². The number of anilines is 1. The first-order chi connectivity index (χ1) is 11.1. The van der Waals surface area contributed by atoms with Crippen LogP contribution in [0.4, 0.5) is 5.69 Å². The molecule has 1 N–H and O–H groups in total. The molecule has 4 nitrogen and oxygen atoms in total. The number of carbonyl (C=O) groups excluding carboxylic acids is 1. The zero-order valence-electron chi connectivity index (χ0n) is 12.5. The highest BCUT2D eigenvalue weighted by Crippen LogP contribution is 2.17. The van der Waals surface area contributed by atoms with E-state index in [2.05, 4.69) is 5.32 Å². The van der Waals surface area contributed by atoms with Gasteiger partial charge >= 0.3 is 0 Å². The third-order valence-corrected chi connectivity index (χ3v) is 3.22. The Morgan fingerprint density at radius 2 is 1.87 bits per heavy atom. The highest BCUT2D eigenvalue weighted by atomic mass is 35.5. The van der Waals surface area contributed by atoms with E-state index in [1.807, 2.05) is 13.0 Å². The summed E-state index contributed by atoms with van der Waals surface area (Å²) in [6, 6.07) is 15.8. The molecule has 0 aromatic heterocycles. The molecule has 2 rings (SSSR count). The second-order valence-electron chi connectivity index (χ2n) is 4.63. The Morgan fingerprint density at radius 3 is 2.43 bits per heavy atom. The van der Waals surface area contributed by atoms with E-state index < -0.39 is 5.91 Å². The lowest BCUT2D eigenvalue weighted by molar-refractivity contribution is -0.112. The largest absolute Gasteiger partial charge is 0.494 e. The molecule has 0 aliphatic carbocycles. The molecule has 116 valence electrons. The Labute approximate surface area is 140 Å². The molecule has 0 radical (unpaired) electrons. The van der Waals surface area contributed by atoms with Crippen molar-refractivity contribution < 1.29 is 9.53 Å². The molecule has 0 saturated carbocycles. The van der Waals surface area contributed by atoms with Crippen LogP contribution in [0.3, 0.4) is 0 Å². The Morgan fingerprint density at radius 1 is 1.22 bits per heavy atom. The fraction of sp³-hybridized carbons (Fsp3) is 0.111.